The van der Waals surface area contributed by atoms with Gasteiger partial charge in [-0.3, -0.25) is 0 Å². The van der Waals surface area contributed by atoms with E-state index < -0.39 is 0 Å². The van der Waals surface area contributed by atoms with Crippen molar-refractivity contribution in [2.45, 2.75) is 39.5 Å². The maximum atomic E-state index is 13.6. The highest BCUT2D eigenvalue weighted by Crippen LogP contribution is 2.35. The van der Waals surface area contributed by atoms with Crippen molar-refractivity contribution in [2.24, 2.45) is 0 Å². The Bertz CT molecular complexity index is 1170. The Hall–Kier alpha value is -3.48. The van der Waals surface area contributed by atoms with Crippen LogP contribution in [0.25, 0.3) is 28.0 Å². The first kappa shape index (κ1) is 21.7. The number of rotatable bonds is 10. The molecular weight excluding hydrogens is 403 g/mol. The molecule has 0 spiro atoms. The van der Waals surface area contributed by atoms with E-state index in [0.717, 1.165) is 72.6 Å². The quantitative estimate of drug-likeness (QED) is 0.300. The molecule has 0 fully saturated rings. The molecule has 7 heteroatoms. The van der Waals surface area contributed by atoms with Crippen LogP contribution in [0, 0.1) is 5.82 Å². The zero-order chi connectivity index (χ0) is 22.3. The van der Waals surface area contributed by atoms with Gasteiger partial charge in [0.25, 0.3) is 0 Å². The van der Waals surface area contributed by atoms with E-state index in [9.17, 15) is 4.39 Å². The second-order valence-corrected chi connectivity index (χ2v) is 7.76. The number of unbranched alkanes of at least 4 members (excludes halogenated alkanes) is 2. The maximum absolute atomic E-state index is 13.6. The van der Waals surface area contributed by atoms with Gasteiger partial charge >= 0.3 is 0 Å². The van der Waals surface area contributed by atoms with Gasteiger partial charge in [-0.2, -0.15) is 5.10 Å². The minimum atomic E-state index is -0.273. The molecule has 0 aliphatic carbocycles. The fourth-order valence-electron chi connectivity index (χ4n) is 3.62. The van der Waals surface area contributed by atoms with Crippen molar-refractivity contribution in [2.75, 3.05) is 23.7 Å². The van der Waals surface area contributed by atoms with Crippen molar-refractivity contribution in [3.8, 4) is 22.5 Å². The molecule has 0 saturated carbocycles. The standard InChI is InChI=1S/C25H29FN6/c1-3-5-15-27-22-9-7-8-21-23(20-14-17-29-25(30-20)28-16-6-4-2)24(31-32(21)22)18-10-12-19(26)13-11-18/h7-14,17,27H,3-6,15-16H2,1-2H3,(H,28,29,30). The SMILES string of the molecule is CCCCNc1nccc(-c2c(-c3ccc(F)cc3)nn3c(NCCCC)cccc23)n1. The molecule has 0 saturated heterocycles. The monoisotopic (exact) mass is 432 g/mol. The van der Waals surface area contributed by atoms with Gasteiger partial charge in [-0.1, -0.05) is 32.8 Å². The van der Waals surface area contributed by atoms with Crippen LogP contribution in [0.4, 0.5) is 16.2 Å². The third-order valence-electron chi connectivity index (χ3n) is 5.34. The highest BCUT2D eigenvalue weighted by molar-refractivity contribution is 5.91. The number of aromatic nitrogens is 4. The van der Waals surface area contributed by atoms with E-state index in [0.29, 0.717) is 5.95 Å². The lowest BCUT2D eigenvalue weighted by molar-refractivity contribution is 0.628. The summed E-state index contributed by atoms with van der Waals surface area (Å²) >= 11 is 0. The molecule has 3 heterocycles. The Labute approximate surface area is 187 Å². The first-order valence-corrected chi connectivity index (χ1v) is 11.3. The zero-order valence-corrected chi connectivity index (χ0v) is 18.6. The van der Waals surface area contributed by atoms with Gasteiger partial charge in [0.05, 0.1) is 16.8 Å². The van der Waals surface area contributed by atoms with E-state index >= 15 is 0 Å². The molecule has 0 aliphatic heterocycles. The van der Waals surface area contributed by atoms with Crippen LogP contribution in [-0.4, -0.2) is 32.7 Å². The average Bonchev–Trinajstić information content (AvgIpc) is 3.20. The summed E-state index contributed by atoms with van der Waals surface area (Å²) in [5.74, 6) is 1.24. The highest BCUT2D eigenvalue weighted by atomic mass is 19.1. The zero-order valence-electron chi connectivity index (χ0n) is 18.6. The molecule has 1 aromatic carbocycles. The molecule has 0 amide bonds. The van der Waals surface area contributed by atoms with E-state index in [-0.39, 0.29) is 5.82 Å². The first-order chi connectivity index (χ1) is 15.7. The fraction of sp³-hybridized carbons (Fsp3) is 0.320. The van der Waals surface area contributed by atoms with Gasteiger partial charge in [-0.25, -0.2) is 18.9 Å². The number of nitrogens with zero attached hydrogens (tertiary/aromatic N) is 4. The summed E-state index contributed by atoms with van der Waals surface area (Å²) in [6.45, 7) is 6.02. The van der Waals surface area contributed by atoms with E-state index in [1.165, 1.54) is 12.1 Å². The van der Waals surface area contributed by atoms with Crippen LogP contribution in [0.5, 0.6) is 0 Å². The molecule has 0 radical (unpaired) electrons. The molecule has 4 rings (SSSR count). The summed E-state index contributed by atoms with van der Waals surface area (Å²) in [4.78, 5) is 9.15. The van der Waals surface area contributed by atoms with Gasteiger partial charge in [-0.15, -0.1) is 0 Å². The van der Waals surface area contributed by atoms with Crippen LogP contribution in [0.2, 0.25) is 0 Å². The molecular formula is C25H29FN6. The lowest BCUT2D eigenvalue weighted by Gasteiger charge is -2.08. The van der Waals surface area contributed by atoms with E-state index in [1.54, 1.807) is 18.3 Å². The Morgan fingerprint density at radius 3 is 2.41 bits per heavy atom. The minimum absolute atomic E-state index is 0.273. The van der Waals surface area contributed by atoms with Gasteiger partial charge in [0.2, 0.25) is 5.95 Å². The van der Waals surface area contributed by atoms with Gasteiger partial charge < -0.3 is 10.6 Å². The third kappa shape index (κ3) is 4.72. The van der Waals surface area contributed by atoms with Crippen LogP contribution in [0.1, 0.15) is 39.5 Å². The molecule has 0 atom stereocenters. The molecule has 0 unspecified atom stereocenters. The number of hydrogen-bond donors (Lipinski definition) is 2. The van der Waals surface area contributed by atoms with Crippen molar-refractivity contribution in [1.29, 1.82) is 0 Å². The Morgan fingerprint density at radius 2 is 1.66 bits per heavy atom. The molecule has 32 heavy (non-hydrogen) atoms. The van der Waals surface area contributed by atoms with E-state index in [2.05, 4.69) is 29.5 Å². The fourth-order valence-corrected chi connectivity index (χ4v) is 3.62. The molecule has 6 nitrogen and oxygen atoms in total. The maximum Gasteiger partial charge on any atom is 0.223 e. The van der Waals surface area contributed by atoms with Crippen LogP contribution in [0.3, 0.4) is 0 Å². The number of fused-ring (bicyclic) bond motifs is 1. The molecule has 2 N–H and O–H groups in total. The van der Waals surface area contributed by atoms with E-state index in [4.69, 9.17) is 10.1 Å². The van der Waals surface area contributed by atoms with Gasteiger partial charge in [0.1, 0.15) is 17.3 Å². The summed E-state index contributed by atoms with van der Waals surface area (Å²) < 4.78 is 15.5. The lowest BCUT2D eigenvalue weighted by Crippen LogP contribution is -2.06. The van der Waals surface area contributed by atoms with Crippen molar-refractivity contribution < 1.29 is 4.39 Å². The summed E-state index contributed by atoms with van der Waals surface area (Å²) in [5, 5.41) is 11.7. The molecule has 4 aromatic rings. The number of nitrogens with one attached hydrogen (secondary N) is 2. The number of benzene rings is 1. The van der Waals surface area contributed by atoms with Crippen LogP contribution in [0.15, 0.2) is 54.7 Å². The van der Waals surface area contributed by atoms with Crippen LogP contribution < -0.4 is 10.6 Å². The predicted molar refractivity (Wildman–Crippen MR) is 128 cm³/mol. The smallest absolute Gasteiger partial charge is 0.223 e. The Morgan fingerprint density at radius 1 is 0.906 bits per heavy atom. The predicted octanol–water partition coefficient (Wildman–Crippen LogP) is 6.02. The average molecular weight is 433 g/mol. The van der Waals surface area contributed by atoms with Crippen LogP contribution in [-0.2, 0) is 0 Å². The summed E-state index contributed by atoms with van der Waals surface area (Å²) in [7, 11) is 0. The van der Waals surface area contributed by atoms with Crippen molar-refractivity contribution in [1.82, 2.24) is 19.6 Å². The number of hydrogen-bond acceptors (Lipinski definition) is 5. The topological polar surface area (TPSA) is 67.1 Å². The Kier molecular flexibility index (Phi) is 6.94. The third-order valence-corrected chi connectivity index (χ3v) is 5.34. The summed E-state index contributed by atoms with van der Waals surface area (Å²) in [6.07, 6.45) is 6.11. The minimum Gasteiger partial charge on any atom is -0.370 e. The molecule has 166 valence electrons. The van der Waals surface area contributed by atoms with Gasteiger partial charge in [0.15, 0.2) is 0 Å². The second-order valence-electron chi connectivity index (χ2n) is 7.76. The largest absolute Gasteiger partial charge is 0.370 e. The number of pyridine rings is 1. The van der Waals surface area contributed by atoms with Crippen molar-refractivity contribution in [3.05, 3.63) is 60.5 Å². The summed E-state index contributed by atoms with van der Waals surface area (Å²) in [5.41, 5.74) is 4.21. The molecule has 3 aromatic heterocycles. The van der Waals surface area contributed by atoms with E-state index in [1.807, 2.05) is 28.8 Å². The number of anilines is 2. The van der Waals surface area contributed by atoms with Crippen LogP contribution >= 0.6 is 0 Å². The Balaban J connectivity index is 1.84. The van der Waals surface area contributed by atoms with Gasteiger partial charge in [0, 0.05) is 24.8 Å². The molecule has 0 bridgehead atoms. The highest BCUT2D eigenvalue weighted by Gasteiger charge is 2.19. The van der Waals surface area contributed by atoms with Crippen molar-refractivity contribution >= 4 is 17.3 Å². The van der Waals surface area contributed by atoms with Gasteiger partial charge in [-0.05, 0) is 55.3 Å². The summed E-state index contributed by atoms with van der Waals surface area (Å²) in [6, 6.07) is 14.4. The lowest BCUT2D eigenvalue weighted by atomic mass is 10.0. The van der Waals surface area contributed by atoms with Crippen molar-refractivity contribution in [3.63, 3.8) is 0 Å². The molecule has 0 aliphatic rings. The first-order valence-electron chi connectivity index (χ1n) is 11.3. The number of halogens is 1. The normalized spacial score (nSPS) is 11.1. The second kappa shape index (κ2) is 10.2.